The van der Waals surface area contributed by atoms with Crippen molar-refractivity contribution in [1.29, 1.82) is 0 Å². The van der Waals surface area contributed by atoms with Crippen LogP contribution in [0.5, 0.6) is 0 Å². The fourth-order valence-corrected chi connectivity index (χ4v) is 2.53. The second-order valence-electron chi connectivity index (χ2n) is 5.89. The number of hydrogen-bond donors (Lipinski definition) is 1. The number of aryl methyl sites for hydroxylation is 1. The largest absolute Gasteiger partial charge is 0.314 e. The third-order valence-electron chi connectivity index (χ3n) is 3.84. The summed E-state index contributed by atoms with van der Waals surface area (Å²) in [5.74, 6) is 0.429. The van der Waals surface area contributed by atoms with Crippen LogP contribution in [-0.2, 0) is 6.54 Å². The van der Waals surface area contributed by atoms with Crippen LogP contribution in [0.25, 0.3) is 11.0 Å². The number of nitrogens with zero attached hydrogens (tertiary/aromatic N) is 2. The molecule has 0 saturated heterocycles. The highest BCUT2D eigenvalue weighted by Crippen LogP contribution is 2.19. The topological polar surface area (TPSA) is 46.9 Å². The quantitative estimate of drug-likeness (QED) is 0.906. The Morgan fingerprint density at radius 1 is 1.40 bits per heavy atom. The lowest BCUT2D eigenvalue weighted by molar-refractivity contribution is 0.443. The second-order valence-corrected chi connectivity index (χ2v) is 5.89. The van der Waals surface area contributed by atoms with Gasteiger partial charge in [-0.1, -0.05) is 19.1 Å². The fraction of sp³-hybridized carbons (Fsp3) is 0.500. The van der Waals surface area contributed by atoms with Gasteiger partial charge in [-0.25, -0.2) is 4.98 Å². The van der Waals surface area contributed by atoms with E-state index in [0.29, 0.717) is 17.7 Å². The molecular formula is C16H21N3O. The van der Waals surface area contributed by atoms with Crippen molar-refractivity contribution in [3.63, 3.8) is 0 Å². The summed E-state index contributed by atoms with van der Waals surface area (Å²) in [5, 5.41) is 3.53. The molecule has 1 saturated carbocycles. The molecule has 3 rings (SSSR count). The minimum Gasteiger partial charge on any atom is -0.314 e. The van der Waals surface area contributed by atoms with E-state index in [0.717, 1.165) is 24.1 Å². The van der Waals surface area contributed by atoms with Gasteiger partial charge in [0, 0.05) is 12.6 Å². The zero-order valence-electron chi connectivity index (χ0n) is 12.1. The molecule has 1 aromatic heterocycles. The standard InChI is InChI=1S/C16H21N3O/c1-11(9-17-13-7-8-13)10-19-15-6-4-3-5-14(15)18-12(2)16(19)20/h3-6,11,13,17H,7-10H2,1-2H3. The van der Waals surface area contributed by atoms with Gasteiger partial charge >= 0.3 is 0 Å². The van der Waals surface area contributed by atoms with Crippen LogP contribution in [0.15, 0.2) is 29.1 Å². The van der Waals surface area contributed by atoms with Gasteiger partial charge in [0.15, 0.2) is 0 Å². The summed E-state index contributed by atoms with van der Waals surface area (Å²) in [5.41, 5.74) is 2.43. The minimum absolute atomic E-state index is 0.0296. The summed E-state index contributed by atoms with van der Waals surface area (Å²) in [7, 11) is 0. The van der Waals surface area contributed by atoms with Gasteiger partial charge in [0.2, 0.25) is 0 Å². The molecule has 1 fully saturated rings. The Morgan fingerprint density at radius 3 is 2.90 bits per heavy atom. The maximum absolute atomic E-state index is 12.3. The maximum atomic E-state index is 12.3. The fourth-order valence-electron chi connectivity index (χ4n) is 2.53. The Kier molecular flexibility index (Phi) is 3.57. The molecule has 0 bridgehead atoms. The number of rotatable bonds is 5. The third kappa shape index (κ3) is 2.75. The van der Waals surface area contributed by atoms with Crippen molar-refractivity contribution in [2.75, 3.05) is 6.54 Å². The Hall–Kier alpha value is -1.68. The van der Waals surface area contributed by atoms with Crippen LogP contribution in [-0.4, -0.2) is 22.1 Å². The van der Waals surface area contributed by atoms with Crippen molar-refractivity contribution in [2.45, 2.75) is 39.3 Å². The van der Waals surface area contributed by atoms with Crippen molar-refractivity contribution in [3.05, 3.63) is 40.3 Å². The summed E-state index contributed by atoms with van der Waals surface area (Å²) in [6.07, 6.45) is 2.59. The Bertz CT molecular complexity index is 673. The SMILES string of the molecule is Cc1nc2ccccc2n(CC(C)CNC2CC2)c1=O. The lowest BCUT2D eigenvalue weighted by Gasteiger charge is -2.16. The number of hydrogen-bond acceptors (Lipinski definition) is 3. The molecule has 1 aliphatic carbocycles. The number of nitrogens with one attached hydrogen (secondary N) is 1. The lowest BCUT2D eigenvalue weighted by atomic mass is 10.1. The molecule has 20 heavy (non-hydrogen) atoms. The molecule has 0 radical (unpaired) electrons. The first-order valence-corrected chi connectivity index (χ1v) is 7.34. The van der Waals surface area contributed by atoms with Gasteiger partial charge in [-0.3, -0.25) is 4.79 Å². The van der Waals surface area contributed by atoms with Gasteiger partial charge in [0.25, 0.3) is 5.56 Å². The molecule has 0 spiro atoms. The molecule has 1 aliphatic rings. The molecular weight excluding hydrogens is 250 g/mol. The van der Waals surface area contributed by atoms with E-state index in [2.05, 4.69) is 17.2 Å². The molecule has 1 aromatic carbocycles. The van der Waals surface area contributed by atoms with Crippen LogP contribution in [0.3, 0.4) is 0 Å². The van der Waals surface area contributed by atoms with E-state index in [4.69, 9.17) is 0 Å². The molecule has 1 N–H and O–H groups in total. The lowest BCUT2D eigenvalue weighted by Crippen LogP contribution is -2.31. The van der Waals surface area contributed by atoms with Crippen LogP contribution in [0.4, 0.5) is 0 Å². The zero-order chi connectivity index (χ0) is 14.1. The molecule has 2 aromatic rings. The second kappa shape index (κ2) is 5.37. The average molecular weight is 271 g/mol. The molecule has 106 valence electrons. The highest BCUT2D eigenvalue weighted by Gasteiger charge is 2.21. The summed E-state index contributed by atoms with van der Waals surface area (Å²) in [6.45, 7) is 5.68. The zero-order valence-corrected chi connectivity index (χ0v) is 12.1. The van der Waals surface area contributed by atoms with Gasteiger partial charge in [0.1, 0.15) is 5.69 Å². The highest BCUT2D eigenvalue weighted by molar-refractivity contribution is 5.74. The Labute approximate surface area is 118 Å². The molecule has 1 heterocycles. The number of benzene rings is 1. The third-order valence-corrected chi connectivity index (χ3v) is 3.84. The first-order chi connectivity index (χ1) is 9.65. The van der Waals surface area contributed by atoms with Crippen molar-refractivity contribution < 1.29 is 0 Å². The monoisotopic (exact) mass is 271 g/mol. The van der Waals surface area contributed by atoms with Crippen molar-refractivity contribution in [1.82, 2.24) is 14.9 Å². The Morgan fingerprint density at radius 2 is 2.15 bits per heavy atom. The van der Waals surface area contributed by atoms with Crippen LogP contribution in [0.2, 0.25) is 0 Å². The molecule has 0 aliphatic heterocycles. The predicted octanol–water partition coefficient (Wildman–Crippen LogP) is 2.09. The molecule has 0 amide bonds. The van der Waals surface area contributed by atoms with Gasteiger partial charge in [-0.2, -0.15) is 0 Å². The average Bonchev–Trinajstić information content (AvgIpc) is 3.26. The number of para-hydroxylation sites is 2. The summed E-state index contributed by atoms with van der Waals surface area (Å²) >= 11 is 0. The molecule has 4 heteroatoms. The smallest absolute Gasteiger partial charge is 0.272 e. The first kappa shape index (κ1) is 13.3. The van der Waals surface area contributed by atoms with E-state index in [1.54, 1.807) is 6.92 Å². The van der Waals surface area contributed by atoms with Gasteiger partial charge in [-0.05, 0) is 44.4 Å². The summed E-state index contributed by atoms with van der Waals surface area (Å²) < 4.78 is 1.87. The van der Waals surface area contributed by atoms with Crippen molar-refractivity contribution >= 4 is 11.0 Å². The van der Waals surface area contributed by atoms with Crippen molar-refractivity contribution in [3.8, 4) is 0 Å². The van der Waals surface area contributed by atoms with Gasteiger partial charge < -0.3 is 9.88 Å². The Balaban J connectivity index is 1.88. The van der Waals surface area contributed by atoms with E-state index in [1.165, 1.54) is 12.8 Å². The summed E-state index contributed by atoms with van der Waals surface area (Å²) in [6, 6.07) is 8.57. The highest BCUT2D eigenvalue weighted by atomic mass is 16.1. The van der Waals surface area contributed by atoms with E-state index in [-0.39, 0.29) is 5.56 Å². The van der Waals surface area contributed by atoms with E-state index in [1.807, 2.05) is 28.8 Å². The maximum Gasteiger partial charge on any atom is 0.272 e. The predicted molar refractivity (Wildman–Crippen MR) is 80.9 cm³/mol. The first-order valence-electron chi connectivity index (χ1n) is 7.34. The van der Waals surface area contributed by atoms with Crippen LogP contribution >= 0.6 is 0 Å². The minimum atomic E-state index is 0.0296. The molecule has 1 atom stereocenters. The van der Waals surface area contributed by atoms with E-state index < -0.39 is 0 Å². The van der Waals surface area contributed by atoms with E-state index >= 15 is 0 Å². The number of fused-ring (bicyclic) bond motifs is 1. The van der Waals surface area contributed by atoms with Gasteiger partial charge in [0.05, 0.1) is 11.0 Å². The normalized spacial score (nSPS) is 16.5. The van der Waals surface area contributed by atoms with Crippen LogP contribution < -0.4 is 10.9 Å². The van der Waals surface area contributed by atoms with Crippen molar-refractivity contribution in [2.24, 2.45) is 5.92 Å². The van der Waals surface area contributed by atoms with Crippen LogP contribution in [0, 0.1) is 12.8 Å². The van der Waals surface area contributed by atoms with E-state index in [9.17, 15) is 4.79 Å². The summed E-state index contributed by atoms with van der Waals surface area (Å²) in [4.78, 5) is 16.7. The number of aromatic nitrogens is 2. The van der Waals surface area contributed by atoms with Gasteiger partial charge in [-0.15, -0.1) is 0 Å². The molecule has 1 unspecified atom stereocenters. The van der Waals surface area contributed by atoms with Crippen LogP contribution in [0.1, 0.15) is 25.5 Å². The molecule has 4 nitrogen and oxygen atoms in total.